The minimum Gasteiger partial charge on any atom is -0.398 e. The number of halogens is 3. The second-order valence-corrected chi connectivity index (χ2v) is 6.88. The number of benzene rings is 2. The van der Waals surface area contributed by atoms with Crippen molar-refractivity contribution in [2.75, 3.05) is 10.5 Å². The Morgan fingerprint density at radius 3 is 2.43 bits per heavy atom. The second kappa shape index (κ2) is 5.61. The maximum absolute atomic E-state index is 13.8. The summed E-state index contributed by atoms with van der Waals surface area (Å²) in [5.41, 5.74) is 6.31. The number of nitrogens with two attached hydrogens (primary N) is 1. The summed E-state index contributed by atoms with van der Waals surface area (Å²) in [5.74, 6) is -1.45. The molecule has 112 valence electrons. The van der Waals surface area contributed by atoms with Crippen LogP contribution in [0.1, 0.15) is 5.56 Å². The maximum Gasteiger partial charge on any atom is 0.264 e. The van der Waals surface area contributed by atoms with E-state index in [9.17, 15) is 17.2 Å². The fourth-order valence-electron chi connectivity index (χ4n) is 1.64. The van der Waals surface area contributed by atoms with Gasteiger partial charge in [-0.15, -0.1) is 0 Å². The first-order chi connectivity index (χ1) is 9.70. The lowest BCUT2D eigenvalue weighted by Crippen LogP contribution is -2.15. The van der Waals surface area contributed by atoms with Gasteiger partial charge in [-0.25, -0.2) is 17.2 Å². The molecule has 2 rings (SSSR count). The van der Waals surface area contributed by atoms with Crippen molar-refractivity contribution in [3.8, 4) is 0 Å². The number of nitrogens with one attached hydrogen (secondary N) is 1. The van der Waals surface area contributed by atoms with Crippen LogP contribution in [0, 0.1) is 18.6 Å². The van der Waals surface area contributed by atoms with E-state index in [1.165, 1.54) is 12.1 Å². The molecule has 2 aromatic carbocycles. The smallest absolute Gasteiger partial charge is 0.264 e. The number of rotatable bonds is 3. The molecule has 8 heteroatoms. The molecule has 0 amide bonds. The van der Waals surface area contributed by atoms with Crippen LogP contribution in [0.5, 0.6) is 0 Å². The van der Waals surface area contributed by atoms with Crippen molar-refractivity contribution >= 4 is 37.3 Å². The summed E-state index contributed by atoms with van der Waals surface area (Å²) in [5, 5.41) is 0. The second-order valence-electron chi connectivity index (χ2n) is 4.37. The predicted octanol–water partition coefficient (Wildman–Crippen LogP) is 3.42. The molecular weight excluding hydrogens is 366 g/mol. The van der Waals surface area contributed by atoms with Crippen molar-refractivity contribution in [3.63, 3.8) is 0 Å². The molecule has 0 aromatic heterocycles. The van der Waals surface area contributed by atoms with Gasteiger partial charge in [0.2, 0.25) is 0 Å². The van der Waals surface area contributed by atoms with Crippen LogP contribution >= 0.6 is 15.9 Å². The normalized spacial score (nSPS) is 11.4. The number of nitrogen functional groups attached to an aromatic ring is 1. The number of aryl methyl sites for hydroxylation is 1. The van der Waals surface area contributed by atoms with Crippen LogP contribution in [0.3, 0.4) is 0 Å². The third kappa shape index (κ3) is 3.33. The molecule has 0 heterocycles. The van der Waals surface area contributed by atoms with Crippen molar-refractivity contribution in [2.24, 2.45) is 0 Å². The first kappa shape index (κ1) is 15.7. The van der Waals surface area contributed by atoms with Gasteiger partial charge in [0, 0.05) is 5.69 Å². The molecule has 4 nitrogen and oxygen atoms in total. The van der Waals surface area contributed by atoms with Crippen LogP contribution in [0.2, 0.25) is 0 Å². The van der Waals surface area contributed by atoms with Crippen LogP contribution < -0.4 is 10.5 Å². The molecular formula is C13H11BrF2N2O2S. The lowest BCUT2D eigenvalue weighted by Gasteiger charge is -2.11. The minimum absolute atomic E-state index is 0.0894. The summed E-state index contributed by atoms with van der Waals surface area (Å²) in [6, 6.07) is 5.65. The molecule has 0 atom stereocenters. The summed E-state index contributed by atoms with van der Waals surface area (Å²) < 4.78 is 53.5. The predicted molar refractivity (Wildman–Crippen MR) is 80.5 cm³/mol. The Hall–Kier alpha value is -1.67. The average molecular weight is 377 g/mol. The highest BCUT2D eigenvalue weighted by molar-refractivity contribution is 9.10. The van der Waals surface area contributed by atoms with Crippen LogP contribution in [-0.2, 0) is 10.0 Å². The van der Waals surface area contributed by atoms with E-state index in [0.717, 1.165) is 18.2 Å². The SMILES string of the molecule is Cc1cc(F)c(S(=O)(=O)Nc2ccc(F)c(Br)c2)cc1N. The van der Waals surface area contributed by atoms with Gasteiger partial charge in [-0.05, 0) is 58.7 Å². The maximum atomic E-state index is 13.8. The zero-order valence-corrected chi connectivity index (χ0v) is 13.2. The minimum atomic E-state index is -4.16. The zero-order valence-electron chi connectivity index (χ0n) is 10.8. The van der Waals surface area contributed by atoms with Crippen LogP contribution in [-0.4, -0.2) is 8.42 Å². The number of hydrogen-bond acceptors (Lipinski definition) is 3. The van der Waals surface area contributed by atoms with Crippen molar-refractivity contribution in [1.82, 2.24) is 0 Å². The number of anilines is 2. The van der Waals surface area contributed by atoms with Crippen molar-refractivity contribution in [1.29, 1.82) is 0 Å². The van der Waals surface area contributed by atoms with Crippen LogP contribution in [0.25, 0.3) is 0 Å². The van der Waals surface area contributed by atoms with Gasteiger partial charge in [0.15, 0.2) is 0 Å². The fourth-order valence-corrected chi connectivity index (χ4v) is 3.17. The van der Waals surface area contributed by atoms with Gasteiger partial charge in [0.05, 0.1) is 10.2 Å². The highest BCUT2D eigenvalue weighted by Crippen LogP contribution is 2.25. The molecule has 0 saturated heterocycles. The Labute approximate surface area is 129 Å². The van der Waals surface area contributed by atoms with Gasteiger partial charge in [0.1, 0.15) is 16.5 Å². The fraction of sp³-hybridized carbons (Fsp3) is 0.0769. The Kier molecular flexibility index (Phi) is 4.20. The summed E-state index contributed by atoms with van der Waals surface area (Å²) in [4.78, 5) is -0.564. The van der Waals surface area contributed by atoms with Gasteiger partial charge in [-0.3, -0.25) is 4.72 Å². The van der Waals surface area contributed by atoms with E-state index in [-0.39, 0.29) is 15.8 Å². The van der Waals surface area contributed by atoms with Crippen molar-refractivity contribution < 1.29 is 17.2 Å². The lowest BCUT2D eigenvalue weighted by molar-refractivity contribution is 0.570. The lowest BCUT2D eigenvalue weighted by atomic mass is 10.2. The summed E-state index contributed by atoms with van der Waals surface area (Å²) in [7, 11) is -4.16. The van der Waals surface area contributed by atoms with E-state index < -0.39 is 26.6 Å². The highest BCUT2D eigenvalue weighted by atomic mass is 79.9. The van der Waals surface area contributed by atoms with E-state index in [2.05, 4.69) is 20.7 Å². The first-order valence-electron chi connectivity index (χ1n) is 5.74. The molecule has 0 spiro atoms. The Morgan fingerprint density at radius 1 is 1.14 bits per heavy atom. The monoisotopic (exact) mass is 376 g/mol. The Morgan fingerprint density at radius 2 is 1.81 bits per heavy atom. The molecule has 0 aliphatic heterocycles. The topological polar surface area (TPSA) is 72.2 Å². The van der Waals surface area contributed by atoms with E-state index in [1.807, 2.05) is 0 Å². The van der Waals surface area contributed by atoms with Crippen LogP contribution in [0.4, 0.5) is 20.2 Å². The molecule has 0 aliphatic rings. The number of sulfonamides is 1. The summed E-state index contributed by atoms with van der Waals surface area (Å²) in [6.45, 7) is 1.57. The largest absolute Gasteiger partial charge is 0.398 e. The average Bonchev–Trinajstić information content (AvgIpc) is 2.37. The molecule has 0 unspecified atom stereocenters. The Bertz CT molecular complexity index is 810. The highest BCUT2D eigenvalue weighted by Gasteiger charge is 2.21. The molecule has 21 heavy (non-hydrogen) atoms. The van der Waals surface area contributed by atoms with Gasteiger partial charge >= 0.3 is 0 Å². The molecule has 0 fully saturated rings. The summed E-state index contributed by atoms with van der Waals surface area (Å²) in [6.07, 6.45) is 0. The Balaban J connectivity index is 2.43. The van der Waals surface area contributed by atoms with Crippen LogP contribution in [0.15, 0.2) is 39.7 Å². The van der Waals surface area contributed by atoms with Crippen molar-refractivity contribution in [2.45, 2.75) is 11.8 Å². The van der Waals surface area contributed by atoms with Crippen molar-refractivity contribution in [3.05, 3.63) is 52.0 Å². The van der Waals surface area contributed by atoms with Gasteiger partial charge in [-0.2, -0.15) is 0 Å². The third-order valence-corrected chi connectivity index (χ3v) is 4.79. The van der Waals surface area contributed by atoms with Gasteiger partial charge in [-0.1, -0.05) is 0 Å². The standard InChI is InChI=1S/C13H11BrF2N2O2S/c1-7-4-11(16)13(6-12(7)17)21(19,20)18-8-2-3-10(15)9(14)5-8/h2-6,18H,17H2,1H3. The third-order valence-electron chi connectivity index (χ3n) is 2.78. The van der Waals surface area contributed by atoms with Gasteiger partial charge < -0.3 is 5.73 Å². The quantitative estimate of drug-likeness (QED) is 0.806. The van der Waals surface area contributed by atoms with Gasteiger partial charge in [0.25, 0.3) is 10.0 Å². The molecule has 2 aromatic rings. The molecule has 0 saturated carbocycles. The molecule has 3 N–H and O–H groups in total. The van der Waals surface area contributed by atoms with E-state index in [0.29, 0.717) is 5.56 Å². The molecule has 0 bridgehead atoms. The van der Waals surface area contributed by atoms with E-state index >= 15 is 0 Å². The first-order valence-corrected chi connectivity index (χ1v) is 8.02. The van der Waals surface area contributed by atoms with E-state index in [1.54, 1.807) is 6.92 Å². The molecule has 0 aliphatic carbocycles. The number of hydrogen-bond donors (Lipinski definition) is 2. The molecule has 0 radical (unpaired) electrons. The summed E-state index contributed by atoms with van der Waals surface area (Å²) >= 11 is 2.94. The zero-order chi connectivity index (χ0) is 15.8. The van der Waals surface area contributed by atoms with E-state index in [4.69, 9.17) is 5.73 Å².